The minimum Gasteiger partial charge on any atom is -0.396 e. The van der Waals surface area contributed by atoms with Gasteiger partial charge in [0.2, 0.25) is 5.91 Å². The fourth-order valence-electron chi connectivity index (χ4n) is 1.59. The van der Waals surface area contributed by atoms with Crippen molar-refractivity contribution < 1.29 is 9.90 Å². The van der Waals surface area contributed by atoms with Gasteiger partial charge < -0.3 is 10.4 Å². The van der Waals surface area contributed by atoms with Gasteiger partial charge in [0.05, 0.1) is 5.69 Å². The number of carbonyl (C=O) groups excluding carboxylic acids is 1. The molecular formula is C12H14ClN3O2S. The van der Waals surface area contributed by atoms with E-state index in [9.17, 15) is 4.79 Å². The van der Waals surface area contributed by atoms with E-state index in [2.05, 4.69) is 10.3 Å². The molecule has 19 heavy (non-hydrogen) atoms. The van der Waals surface area contributed by atoms with E-state index in [0.717, 1.165) is 11.4 Å². The zero-order valence-corrected chi connectivity index (χ0v) is 11.7. The Kier molecular flexibility index (Phi) is 4.95. The summed E-state index contributed by atoms with van der Waals surface area (Å²) < 4.78 is 1.84. The first-order chi connectivity index (χ1) is 9.22. The monoisotopic (exact) mass is 299 g/mol. The van der Waals surface area contributed by atoms with E-state index in [0.29, 0.717) is 23.8 Å². The average molecular weight is 300 g/mol. The summed E-state index contributed by atoms with van der Waals surface area (Å²) in [6.07, 6.45) is 6.40. The standard InChI is InChI=1S/C12H14ClN3O2S/c13-11-9(16-6-8-19-12(16)15-11)3-4-10(18)14-5-1-2-7-17/h3-4,6,8,17H,1-2,5,7H2,(H,14,18)/b4-3+. The van der Waals surface area contributed by atoms with E-state index >= 15 is 0 Å². The van der Waals surface area contributed by atoms with Gasteiger partial charge in [0.15, 0.2) is 10.1 Å². The molecule has 0 atom stereocenters. The Morgan fingerprint density at radius 2 is 2.42 bits per heavy atom. The van der Waals surface area contributed by atoms with E-state index in [4.69, 9.17) is 16.7 Å². The average Bonchev–Trinajstić information content (AvgIpc) is 2.93. The molecule has 0 fully saturated rings. The summed E-state index contributed by atoms with van der Waals surface area (Å²) in [5.41, 5.74) is 0.698. The van der Waals surface area contributed by atoms with Gasteiger partial charge in [0.25, 0.3) is 0 Å². The predicted molar refractivity (Wildman–Crippen MR) is 76.4 cm³/mol. The van der Waals surface area contributed by atoms with E-state index < -0.39 is 0 Å². The highest BCUT2D eigenvalue weighted by atomic mass is 35.5. The first kappa shape index (κ1) is 14.0. The maximum Gasteiger partial charge on any atom is 0.244 e. The van der Waals surface area contributed by atoms with Gasteiger partial charge in [0.1, 0.15) is 0 Å². The van der Waals surface area contributed by atoms with E-state index in [1.165, 1.54) is 17.4 Å². The van der Waals surface area contributed by atoms with Gasteiger partial charge >= 0.3 is 0 Å². The normalized spacial score (nSPS) is 11.5. The Labute approximate surface area is 119 Å². The zero-order chi connectivity index (χ0) is 13.7. The Morgan fingerprint density at radius 3 is 3.21 bits per heavy atom. The maximum atomic E-state index is 11.6. The molecule has 0 radical (unpaired) electrons. The molecule has 0 aliphatic rings. The van der Waals surface area contributed by atoms with Crippen molar-refractivity contribution in [2.24, 2.45) is 0 Å². The molecule has 0 spiro atoms. The fourth-order valence-corrected chi connectivity index (χ4v) is 2.59. The van der Waals surface area contributed by atoms with Crippen LogP contribution < -0.4 is 5.32 Å². The summed E-state index contributed by atoms with van der Waals surface area (Å²) in [6.45, 7) is 0.699. The highest BCUT2D eigenvalue weighted by molar-refractivity contribution is 7.15. The second-order valence-corrected chi connectivity index (χ2v) is 5.13. The molecule has 0 saturated carbocycles. The molecule has 102 valence electrons. The molecule has 2 N–H and O–H groups in total. The molecule has 0 aliphatic carbocycles. The van der Waals surface area contributed by atoms with Crippen LogP contribution in [-0.2, 0) is 4.79 Å². The lowest BCUT2D eigenvalue weighted by Crippen LogP contribution is -2.22. The molecule has 5 nitrogen and oxygen atoms in total. The van der Waals surface area contributed by atoms with Gasteiger partial charge in [-0.05, 0) is 18.9 Å². The van der Waals surface area contributed by atoms with Crippen molar-refractivity contribution >= 4 is 39.9 Å². The van der Waals surface area contributed by atoms with E-state index in [-0.39, 0.29) is 12.5 Å². The number of imidazole rings is 1. The summed E-state index contributed by atoms with van der Waals surface area (Å²) in [7, 11) is 0. The number of carbonyl (C=O) groups is 1. The third-order valence-electron chi connectivity index (χ3n) is 2.53. The predicted octanol–water partition coefficient (Wildman–Crippen LogP) is 1.95. The third-order valence-corrected chi connectivity index (χ3v) is 3.57. The first-order valence-corrected chi connectivity index (χ1v) is 7.16. The van der Waals surface area contributed by atoms with Crippen molar-refractivity contribution in [1.82, 2.24) is 14.7 Å². The van der Waals surface area contributed by atoms with E-state index in [1.807, 2.05) is 16.0 Å². The van der Waals surface area contributed by atoms with Crippen LogP contribution >= 0.6 is 22.9 Å². The quantitative estimate of drug-likeness (QED) is 0.633. The molecule has 2 aromatic heterocycles. The summed E-state index contributed by atoms with van der Waals surface area (Å²) in [4.78, 5) is 16.5. The number of rotatable bonds is 6. The number of unbranched alkanes of at least 4 members (excludes halogenated alkanes) is 1. The maximum absolute atomic E-state index is 11.6. The number of hydrogen-bond acceptors (Lipinski definition) is 4. The summed E-state index contributed by atoms with van der Waals surface area (Å²) in [5.74, 6) is -0.181. The molecule has 1 amide bonds. The van der Waals surface area contributed by atoms with Crippen molar-refractivity contribution in [2.45, 2.75) is 12.8 Å². The van der Waals surface area contributed by atoms with Crippen LogP contribution in [0.25, 0.3) is 11.0 Å². The minimum absolute atomic E-state index is 0.146. The van der Waals surface area contributed by atoms with Crippen molar-refractivity contribution in [1.29, 1.82) is 0 Å². The SMILES string of the molecule is O=C(/C=C/c1c(Cl)nc2sccn12)NCCCCO. The Morgan fingerprint density at radius 1 is 1.58 bits per heavy atom. The summed E-state index contributed by atoms with van der Waals surface area (Å²) in [5, 5.41) is 13.6. The number of hydrogen-bond donors (Lipinski definition) is 2. The van der Waals surface area contributed by atoms with Gasteiger partial charge in [-0.2, -0.15) is 0 Å². The molecule has 0 aliphatic heterocycles. The number of thiazole rings is 1. The number of aliphatic hydroxyl groups is 1. The highest BCUT2D eigenvalue weighted by Crippen LogP contribution is 2.22. The van der Waals surface area contributed by atoms with Crippen LogP contribution in [0.3, 0.4) is 0 Å². The van der Waals surface area contributed by atoms with E-state index in [1.54, 1.807) is 6.08 Å². The van der Waals surface area contributed by atoms with Crippen molar-refractivity contribution in [3.8, 4) is 0 Å². The van der Waals surface area contributed by atoms with Crippen LogP contribution in [-0.4, -0.2) is 33.6 Å². The van der Waals surface area contributed by atoms with Crippen LogP contribution in [0.15, 0.2) is 17.7 Å². The van der Waals surface area contributed by atoms with Crippen LogP contribution in [0.5, 0.6) is 0 Å². The van der Waals surface area contributed by atoms with Gasteiger partial charge in [-0.1, -0.05) is 11.6 Å². The number of nitrogens with one attached hydrogen (secondary N) is 1. The minimum atomic E-state index is -0.181. The number of nitrogens with zero attached hydrogens (tertiary/aromatic N) is 2. The molecule has 0 aromatic carbocycles. The lowest BCUT2D eigenvalue weighted by molar-refractivity contribution is -0.116. The van der Waals surface area contributed by atoms with Crippen LogP contribution in [0, 0.1) is 0 Å². The molecule has 0 bridgehead atoms. The topological polar surface area (TPSA) is 66.6 Å². The zero-order valence-electron chi connectivity index (χ0n) is 10.2. The molecule has 2 rings (SSSR count). The smallest absolute Gasteiger partial charge is 0.244 e. The van der Waals surface area contributed by atoms with Gasteiger partial charge in [0, 0.05) is 30.8 Å². The summed E-state index contributed by atoms with van der Waals surface area (Å²) >= 11 is 7.49. The van der Waals surface area contributed by atoms with Gasteiger partial charge in [-0.15, -0.1) is 11.3 Å². The largest absolute Gasteiger partial charge is 0.396 e. The molecule has 7 heteroatoms. The molecule has 0 saturated heterocycles. The molecule has 2 aromatic rings. The second-order valence-electron chi connectivity index (χ2n) is 3.90. The number of aliphatic hydroxyl groups excluding tert-OH is 1. The van der Waals surface area contributed by atoms with Crippen molar-refractivity contribution in [2.75, 3.05) is 13.2 Å². The van der Waals surface area contributed by atoms with Gasteiger partial charge in [-0.25, -0.2) is 4.98 Å². The third kappa shape index (κ3) is 3.56. The number of fused-ring (bicyclic) bond motifs is 1. The fraction of sp³-hybridized carbons (Fsp3) is 0.333. The second kappa shape index (κ2) is 6.70. The Balaban J connectivity index is 1.96. The Bertz CT molecular complexity index is 591. The number of halogens is 1. The highest BCUT2D eigenvalue weighted by Gasteiger charge is 2.08. The van der Waals surface area contributed by atoms with Crippen LogP contribution in [0.2, 0.25) is 5.15 Å². The number of amides is 1. The van der Waals surface area contributed by atoms with Crippen molar-refractivity contribution in [3.63, 3.8) is 0 Å². The Hall–Kier alpha value is -1.37. The lowest BCUT2D eigenvalue weighted by Gasteiger charge is -2.00. The van der Waals surface area contributed by atoms with Crippen molar-refractivity contribution in [3.05, 3.63) is 28.5 Å². The number of aromatic nitrogens is 2. The van der Waals surface area contributed by atoms with Crippen LogP contribution in [0.4, 0.5) is 0 Å². The summed E-state index contributed by atoms with van der Waals surface area (Å²) in [6, 6.07) is 0. The molecule has 2 heterocycles. The lowest BCUT2D eigenvalue weighted by atomic mass is 10.3. The van der Waals surface area contributed by atoms with Gasteiger partial charge in [-0.3, -0.25) is 9.20 Å². The first-order valence-electron chi connectivity index (χ1n) is 5.90. The molecular weight excluding hydrogens is 286 g/mol. The van der Waals surface area contributed by atoms with Crippen LogP contribution in [0.1, 0.15) is 18.5 Å². The molecule has 0 unspecified atom stereocenters.